The third-order valence-electron chi connectivity index (χ3n) is 3.60. The highest BCUT2D eigenvalue weighted by Gasteiger charge is 2.22. The van der Waals surface area contributed by atoms with Crippen molar-refractivity contribution in [1.29, 1.82) is 0 Å². The molecule has 18 heavy (non-hydrogen) atoms. The molecule has 1 aromatic rings. The molecule has 100 valence electrons. The summed E-state index contributed by atoms with van der Waals surface area (Å²) < 4.78 is 14.0. The fourth-order valence-corrected chi connectivity index (χ4v) is 2.49. The van der Waals surface area contributed by atoms with Crippen molar-refractivity contribution in [2.45, 2.75) is 20.0 Å². The molecule has 1 atom stereocenters. The lowest BCUT2D eigenvalue weighted by atomic mass is 10.1. The normalized spacial score (nSPS) is 19.0. The molecule has 1 N–H and O–H groups in total. The van der Waals surface area contributed by atoms with Crippen LogP contribution in [0.3, 0.4) is 0 Å². The Morgan fingerprint density at radius 3 is 2.50 bits per heavy atom. The lowest BCUT2D eigenvalue weighted by Crippen LogP contribution is -2.46. The molecule has 0 radical (unpaired) electrons. The van der Waals surface area contributed by atoms with E-state index in [-0.39, 0.29) is 5.82 Å². The van der Waals surface area contributed by atoms with E-state index in [2.05, 4.69) is 11.8 Å². The molecule has 1 aromatic carbocycles. The average molecular weight is 252 g/mol. The van der Waals surface area contributed by atoms with Gasteiger partial charge in [-0.05, 0) is 19.5 Å². The molecule has 1 heterocycles. The van der Waals surface area contributed by atoms with Gasteiger partial charge in [0.25, 0.3) is 0 Å². The third kappa shape index (κ3) is 2.65. The van der Waals surface area contributed by atoms with Crippen LogP contribution in [-0.4, -0.2) is 42.7 Å². The Labute approximate surface area is 108 Å². The molecule has 0 bridgehead atoms. The lowest BCUT2D eigenvalue weighted by molar-refractivity contribution is 0.198. The summed E-state index contributed by atoms with van der Waals surface area (Å²) in [5.74, 6) is -0.238. The molecular weight excluding hydrogens is 231 g/mol. The minimum absolute atomic E-state index is 0.238. The fraction of sp³-hybridized carbons (Fsp3) is 0.571. The van der Waals surface area contributed by atoms with E-state index in [1.807, 2.05) is 4.90 Å². The van der Waals surface area contributed by atoms with Crippen molar-refractivity contribution in [2.75, 3.05) is 37.6 Å². The molecule has 0 aromatic heterocycles. The Hall–Kier alpha value is -1.13. The Morgan fingerprint density at radius 1 is 1.28 bits per heavy atom. The first-order chi connectivity index (χ1) is 8.63. The standard InChI is InChI=1S/C14H21FN2O/c1-3-16-7-9-17(10-8-16)14-12(11(2)18)5-4-6-13(14)15/h4-6,11,18H,3,7-10H2,1-2H3/t11-/m1/s1. The van der Waals surface area contributed by atoms with Crippen molar-refractivity contribution < 1.29 is 9.50 Å². The SMILES string of the molecule is CCN1CCN(c2c(F)cccc2[C@@H](C)O)CC1. The topological polar surface area (TPSA) is 26.7 Å². The quantitative estimate of drug-likeness (QED) is 0.891. The van der Waals surface area contributed by atoms with Crippen LogP contribution in [-0.2, 0) is 0 Å². The first-order valence-corrected chi connectivity index (χ1v) is 6.57. The van der Waals surface area contributed by atoms with Gasteiger partial charge in [-0.1, -0.05) is 19.1 Å². The average Bonchev–Trinajstić information content (AvgIpc) is 2.38. The Bertz CT molecular complexity index is 401. The summed E-state index contributed by atoms with van der Waals surface area (Å²) in [7, 11) is 0. The number of nitrogens with zero attached hydrogens (tertiary/aromatic N) is 2. The molecule has 0 saturated carbocycles. The van der Waals surface area contributed by atoms with E-state index in [1.54, 1.807) is 19.1 Å². The van der Waals surface area contributed by atoms with Crippen molar-refractivity contribution in [1.82, 2.24) is 4.90 Å². The molecule has 2 rings (SSSR count). The highest BCUT2D eigenvalue weighted by Crippen LogP contribution is 2.30. The van der Waals surface area contributed by atoms with Crippen LogP contribution >= 0.6 is 0 Å². The highest BCUT2D eigenvalue weighted by atomic mass is 19.1. The second kappa shape index (κ2) is 5.67. The van der Waals surface area contributed by atoms with Gasteiger partial charge in [0.05, 0.1) is 11.8 Å². The first-order valence-electron chi connectivity index (χ1n) is 6.57. The van der Waals surface area contributed by atoms with E-state index >= 15 is 0 Å². The molecule has 4 heteroatoms. The van der Waals surface area contributed by atoms with Crippen LogP contribution in [0.4, 0.5) is 10.1 Å². The van der Waals surface area contributed by atoms with E-state index < -0.39 is 6.10 Å². The minimum atomic E-state index is -0.639. The van der Waals surface area contributed by atoms with Crippen LogP contribution in [0.25, 0.3) is 0 Å². The number of benzene rings is 1. The van der Waals surface area contributed by atoms with Gasteiger partial charge in [-0.3, -0.25) is 0 Å². The number of halogens is 1. The smallest absolute Gasteiger partial charge is 0.146 e. The van der Waals surface area contributed by atoms with Crippen LogP contribution in [0.2, 0.25) is 0 Å². The molecule has 1 saturated heterocycles. The highest BCUT2D eigenvalue weighted by molar-refractivity contribution is 5.56. The van der Waals surface area contributed by atoms with Gasteiger partial charge in [0.15, 0.2) is 0 Å². The van der Waals surface area contributed by atoms with Gasteiger partial charge >= 0.3 is 0 Å². The number of anilines is 1. The van der Waals surface area contributed by atoms with Gasteiger partial charge in [-0.2, -0.15) is 0 Å². The molecular formula is C14H21FN2O. The van der Waals surface area contributed by atoms with Crippen LogP contribution in [0, 0.1) is 5.82 Å². The van der Waals surface area contributed by atoms with Gasteiger partial charge in [0.1, 0.15) is 5.82 Å². The summed E-state index contributed by atoms with van der Waals surface area (Å²) in [6.07, 6.45) is -0.639. The molecule has 1 aliphatic rings. The van der Waals surface area contributed by atoms with E-state index in [9.17, 15) is 9.50 Å². The van der Waals surface area contributed by atoms with Gasteiger partial charge in [0.2, 0.25) is 0 Å². The van der Waals surface area contributed by atoms with E-state index in [1.165, 1.54) is 6.07 Å². The number of rotatable bonds is 3. The zero-order chi connectivity index (χ0) is 13.1. The van der Waals surface area contributed by atoms with Gasteiger partial charge in [-0.25, -0.2) is 4.39 Å². The monoisotopic (exact) mass is 252 g/mol. The zero-order valence-corrected chi connectivity index (χ0v) is 11.1. The molecule has 1 fully saturated rings. The molecule has 3 nitrogen and oxygen atoms in total. The largest absolute Gasteiger partial charge is 0.389 e. The van der Waals surface area contributed by atoms with E-state index in [4.69, 9.17) is 0 Å². The molecule has 0 spiro atoms. The Balaban J connectivity index is 2.23. The predicted octanol–water partition coefficient (Wildman–Crippen LogP) is 2.02. The first kappa shape index (κ1) is 13.3. The van der Waals surface area contributed by atoms with Gasteiger partial charge in [0, 0.05) is 31.7 Å². The second-order valence-corrected chi connectivity index (χ2v) is 4.77. The summed E-state index contributed by atoms with van der Waals surface area (Å²) in [5.41, 5.74) is 1.25. The van der Waals surface area contributed by atoms with Crippen LogP contribution in [0.15, 0.2) is 18.2 Å². The number of piperazine rings is 1. The van der Waals surface area contributed by atoms with E-state index in [0.717, 1.165) is 32.7 Å². The van der Waals surface area contributed by atoms with Crippen molar-refractivity contribution >= 4 is 5.69 Å². The number of hydrogen-bond acceptors (Lipinski definition) is 3. The van der Waals surface area contributed by atoms with Crippen molar-refractivity contribution in [3.63, 3.8) is 0 Å². The molecule has 0 aliphatic carbocycles. The van der Waals surface area contributed by atoms with Crippen LogP contribution < -0.4 is 4.90 Å². The summed E-state index contributed by atoms with van der Waals surface area (Å²) in [4.78, 5) is 4.39. The van der Waals surface area contributed by atoms with Gasteiger partial charge < -0.3 is 14.9 Å². The number of aliphatic hydroxyl groups excluding tert-OH is 1. The van der Waals surface area contributed by atoms with Crippen LogP contribution in [0.5, 0.6) is 0 Å². The third-order valence-corrected chi connectivity index (χ3v) is 3.60. The number of para-hydroxylation sites is 1. The zero-order valence-electron chi connectivity index (χ0n) is 11.1. The summed E-state index contributed by atoms with van der Waals surface area (Å²) >= 11 is 0. The molecule has 0 amide bonds. The minimum Gasteiger partial charge on any atom is -0.389 e. The predicted molar refractivity (Wildman–Crippen MR) is 71.4 cm³/mol. The maximum atomic E-state index is 14.0. The lowest BCUT2D eigenvalue weighted by Gasteiger charge is -2.36. The van der Waals surface area contributed by atoms with Crippen molar-refractivity contribution in [3.8, 4) is 0 Å². The summed E-state index contributed by atoms with van der Waals surface area (Å²) in [6.45, 7) is 8.38. The number of aliphatic hydroxyl groups is 1. The maximum Gasteiger partial charge on any atom is 0.146 e. The van der Waals surface area contributed by atoms with Crippen molar-refractivity contribution in [2.24, 2.45) is 0 Å². The number of likely N-dealkylation sites (N-methyl/N-ethyl adjacent to an activating group) is 1. The fourth-order valence-electron chi connectivity index (χ4n) is 2.49. The van der Waals surface area contributed by atoms with Crippen molar-refractivity contribution in [3.05, 3.63) is 29.6 Å². The summed E-state index contributed by atoms with van der Waals surface area (Å²) in [6, 6.07) is 4.92. The molecule has 1 aliphatic heterocycles. The van der Waals surface area contributed by atoms with E-state index in [0.29, 0.717) is 11.3 Å². The maximum absolute atomic E-state index is 14.0. The summed E-state index contributed by atoms with van der Waals surface area (Å²) in [5, 5.41) is 9.75. The Morgan fingerprint density at radius 2 is 1.94 bits per heavy atom. The van der Waals surface area contributed by atoms with Crippen LogP contribution in [0.1, 0.15) is 25.5 Å². The number of hydrogen-bond donors (Lipinski definition) is 1. The Kier molecular flexibility index (Phi) is 4.19. The second-order valence-electron chi connectivity index (χ2n) is 4.77. The molecule has 0 unspecified atom stereocenters. The van der Waals surface area contributed by atoms with Gasteiger partial charge in [-0.15, -0.1) is 0 Å².